The second kappa shape index (κ2) is 4.60. The number of aromatic nitrogens is 4. The smallest absolute Gasteiger partial charge is 0.342 e. The molecule has 0 saturated heterocycles. The van der Waals surface area contributed by atoms with Gasteiger partial charge >= 0.3 is 5.97 Å². The predicted molar refractivity (Wildman–Crippen MR) is 57.3 cm³/mol. The Bertz CT molecular complexity index is 524. The van der Waals surface area contributed by atoms with Gasteiger partial charge in [-0.1, -0.05) is 0 Å². The summed E-state index contributed by atoms with van der Waals surface area (Å²) in [5.74, 6) is -0.746. The third kappa shape index (κ3) is 2.22. The van der Waals surface area contributed by atoms with Crippen LogP contribution in [0.5, 0.6) is 5.88 Å². The highest BCUT2D eigenvalue weighted by molar-refractivity contribution is 5.90. The fraction of sp³-hybridized carbons (Fsp3) is 0.200. The van der Waals surface area contributed by atoms with Gasteiger partial charge in [0.15, 0.2) is 0 Å². The van der Waals surface area contributed by atoms with E-state index in [0.717, 1.165) is 0 Å². The van der Waals surface area contributed by atoms with Crippen molar-refractivity contribution in [3.05, 3.63) is 30.2 Å². The molecule has 7 heteroatoms. The highest BCUT2D eigenvalue weighted by Gasteiger charge is 2.17. The Labute approximate surface area is 96.7 Å². The van der Waals surface area contributed by atoms with Crippen LogP contribution in [0.25, 0.3) is 5.95 Å². The van der Waals surface area contributed by atoms with Crippen LogP contribution < -0.4 is 4.74 Å². The molecule has 88 valence electrons. The van der Waals surface area contributed by atoms with Gasteiger partial charge in [0.2, 0.25) is 5.88 Å². The molecule has 0 aliphatic heterocycles. The van der Waals surface area contributed by atoms with Crippen LogP contribution in [0.4, 0.5) is 0 Å². The van der Waals surface area contributed by atoms with Crippen molar-refractivity contribution in [1.82, 2.24) is 19.7 Å². The Morgan fingerprint density at radius 1 is 1.47 bits per heavy atom. The standard InChI is InChI=1S/C10H10N4O3/c1-2-17-8-7(9(15)16)6-14(13-8)10-11-4-3-5-12-10/h3-6H,2H2,1H3,(H,15,16). The maximum Gasteiger partial charge on any atom is 0.342 e. The number of rotatable bonds is 4. The van der Waals surface area contributed by atoms with Gasteiger partial charge in [-0.25, -0.2) is 19.4 Å². The molecule has 0 aromatic carbocycles. The van der Waals surface area contributed by atoms with Crippen molar-refractivity contribution in [3.8, 4) is 11.8 Å². The molecule has 17 heavy (non-hydrogen) atoms. The molecule has 2 heterocycles. The second-order valence-corrected chi connectivity index (χ2v) is 3.08. The first-order valence-electron chi connectivity index (χ1n) is 4.95. The molecular weight excluding hydrogens is 224 g/mol. The maximum atomic E-state index is 11.0. The lowest BCUT2D eigenvalue weighted by Crippen LogP contribution is -2.01. The zero-order chi connectivity index (χ0) is 12.3. The van der Waals surface area contributed by atoms with Gasteiger partial charge in [0.25, 0.3) is 5.95 Å². The van der Waals surface area contributed by atoms with Crippen LogP contribution in [0.1, 0.15) is 17.3 Å². The summed E-state index contributed by atoms with van der Waals surface area (Å²) in [5.41, 5.74) is -0.0145. The first-order valence-corrected chi connectivity index (χ1v) is 4.95. The Balaban J connectivity index is 2.44. The number of hydrogen-bond donors (Lipinski definition) is 1. The molecule has 2 rings (SSSR count). The summed E-state index contributed by atoms with van der Waals surface area (Å²) in [6.07, 6.45) is 4.41. The van der Waals surface area contributed by atoms with Crippen LogP contribution in [0.15, 0.2) is 24.7 Å². The van der Waals surface area contributed by atoms with Gasteiger partial charge in [0.1, 0.15) is 5.56 Å². The Morgan fingerprint density at radius 3 is 2.76 bits per heavy atom. The minimum atomic E-state index is -1.10. The highest BCUT2D eigenvalue weighted by Crippen LogP contribution is 2.17. The van der Waals surface area contributed by atoms with Gasteiger partial charge in [-0.2, -0.15) is 0 Å². The average molecular weight is 234 g/mol. The minimum Gasteiger partial charge on any atom is -0.477 e. The number of aromatic carboxylic acids is 1. The van der Waals surface area contributed by atoms with Gasteiger partial charge in [-0.3, -0.25) is 0 Å². The number of hydrogen-bond acceptors (Lipinski definition) is 5. The summed E-state index contributed by atoms with van der Waals surface area (Å²) in [6, 6.07) is 1.66. The van der Waals surface area contributed by atoms with Crippen molar-refractivity contribution >= 4 is 5.97 Å². The summed E-state index contributed by atoms with van der Waals surface area (Å²) >= 11 is 0. The monoisotopic (exact) mass is 234 g/mol. The lowest BCUT2D eigenvalue weighted by molar-refractivity contribution is 0.0692. The lowest BCUT2D eigenvalue weighted by atomic mass is 10.3. The highest BCUT2D eigenvalue weighted by atomic mass is 16.5. The zero-order valence-corrected chi connectivity index (χ0v) is 9.07. The van der Waals surface area contributed by atoms with E-state index in [-0.39, 0.29) is 11.4 Å². The molecule has 1 N–H and O–H groups in total. The molecule has 0 aliphatic rings. The summed E-state index contributed by atoms with van der Waals surface area (Å²) in [6.45, 7) is 2.09. The molecule has 0 spiro atoms. The zero-order valence-electron chi connectivity index (χ0n) is 9.07. The van der Waals surface area contributed by atoms with Crippen LogP contribution >= 0.6 is 0 Å². The van der Waals surface area contributed by atoms with Gasteiger partial charge in [-0.05, 0) is 13.0 Å². The SMILES string of the molecule is CCOc1nn(-c2ncccn2)cc1C(=O)O. The Hall–Kier alpha value is -2.44. The van der Waals surface area contributed by atoms with Crippen LogP contribution in [0, 0.1) is 0 Å². The van der Waals surface area contributed by atoms with Crippen LogP contribution in [0.2, 0.25) is 0 Å². The average Bonchev–Trinajstić information content (AvgIpc) is 2.75. The first-order chi connectivity index (χ1) is 8.22. The van der Waals surface area contributed by atoms with E-state index >= 15 is 0 Å². The molecule has 0 radical (unpaired) electrons. The van der Waals surface area contributed by atoms with Gasteiger partial charge < -0.3 is 9.84 Å². The van der Waals surface area contributed by atoms with E-state index in [9.17, 15) is 4.79 Å². The topological polar surface area (TPSA) is 90.1 Å². The molecule has 0 atom stereocenters. The largest absolute Gasteiger partial charge is 0.477 e. The maximum absolute atomic E-state index is 11.0. The molecular formula is C10H10N4O3. The summed E-state index contributed by atoms with van der Waals surface area (Å²) < 4.78 is 6.40. The fourth-order valence-electron chi connectivity index (χ4n) is 1.26. The normalized spacial score (nSPS) is 10.2. The van der Waals surface area contributed by atoms with Crippen molar-refractivity contribution in [2.24, 2.45) is 0 Å². The van der Waals surface area contributed by atoms with Crippen molar-refractivity contribution < 1.29 is 14.6 Å². The molecule has 0 bridgehead atoms. The van der Waals surface area contributed by atoms with Crippen molar-refractivity contribution in [2.75, 3.05) is 6.61 Å². The molecule has 0 unspecified atom stereocenters. The van der Waals surface area contributed by atoms with E-state index in [2.05, 4.69) is 15.1 Å². The van der Waals surface area contributed by atoms with E-state index in [1.165, 1.54) is 10.9 Å². The van der Waals surface area contributed by atoms with Crippen molar-refractivity contribution in [1.29, 1.82) is 0 Å². The lowest BCUT2D eigenvalue weighted by Gasteiger charge is -1.98. The number of ether oxygens (including phenoxy) is 1. The summed E-state index contributed by atoms with van der Waals surface area (Å²) in [7, 11) is 0. The summed E-state index contributed by atoms with van der Waals surface area (Å²) in [4.78, 5) is 18.9. The number of nitrogens with zero attached hydrogens (tertiary/aromatic N) is 4. The quantitative estimate of drug-likeness (QED) is 0.839. The fourth-order valence-corrected chi connectivity index (χ4v) is 1.26. The van der Waals surface area contributed by atoms with Crippen LogP contribution in [-0.4, -0.2) is 37.4 Å². The number of carboxylic acid groups (broad SMARTS) is 1. The van der Waals surface area contributed by atoms with Crippen molar-refractivity contribution in [2.45, 2.75) is 6.92 Å². The van der Waals surface area contributed by atoms with Crippen molar-refractivity contribution in [3.63, 3.8) is 0 Å². The van der Waals surface area contributed by atoms with Gasteiger partial charge in [0.05, 0.1) is 12.8 Å². The molecule has 0 fully saturated rings. The number of carboxylic acids is 1. The molecule has 7 nitrogen and oxygen atoms in total. The van der Waals surface area contributed by atoms with E-state index in [1.54, 1.807) is 25.4 Å². The molecule has 0 saturated carbocycles. The second-order valence-electron chi connectivity index (χ2n) is 3.08. The minimum absolute atomic E-state index is 0.0145. The van der Waals surface area contributed by atoms with Crippen LogP contribution in [0.3, 0.4) is 0 Å². The molecule has 0 aliphatic carbocycles. The number of carbonyl (C=O) groups is 1. The Morgan fingerprint density at radius 2 is 2.18 bits per heavy atom. The van der Waals surface area contributed by atoms with Crippen LogP contribution in [-0.2, 0) is 0 Å². The molecule has 2 aromatic rings. The third-order valence-corrected chi connectivity index (χ3v) is 1.95. The Kier molecular flexibility index (Phi) is 2.99. The first kappa shape index (κ1) is 11.1. The van der Waals surface area contributed by atoms with Gasteiger partial charge in [-0.15, -0.1) is 5.10 Å². The van der Waals surface area contributed by atoms with Gasteiger partial charge in [0, 0.05) is 12.4 Å². The predicted octanol–water partition coefficient (Wildman–Crippen LogP) is 0.759. The van der Waals surface area contributed by atoms with E-state index in [4.69, 9.17) is 9.84 Å². The molecule has 2 aromatic heterocycles. The van der Waals surface area contributed by atoms with E-state index < -0.39 is 5.97 Å². The third-order valence-electron chi connectivity index (χ3n) is 1.95. The molecule has 0 amide bonds. The summed E-state index contributed by atoms with van der Waals surface area (Å²) in [5, 5.41) is 13.0. The van der Waals surface area contributed by atoms with E-state index in [1.807, 2.05) is 0 Å². The van der Waals surface area contributed by atoms with E-state index in [0.29, 0.717) is 12.6 Å².